The van der Waals surface area contributed by atoms with Crippen LogP contribution in [0.4, 0.5) is 0 Å². The van der Waals surface area contributed by atoms with Crippen molar-refractivity contribution >= 4 is 11.8 Å². The number of carbonyl (C=O) groups is 1. The molecule has 0 spiro atoms. The first-order valence-electron chi connectivity index (χ1n) is 4.72. The Balaban J connectivity index is 2.72. The van der Waals surface area contributed by atoms with Crippen molar-refractivity contribution in [3.63, 3.8) is 0 Å². The lowest BCUT2D eigenvalue weighted by molar-refractivity contribution is -0.126. The van der Waals surface area contributed by atoms with Crippen molar-refractivity contribution in [2.24, 2.45) is 5.73 Å². The number of nitrogens with one attached hydrogen (secondary N) is 2. The van der Waals surface area contributed by atoms with Crippen LogP contribution in [0.25, 0.3) is 0 Å². The molecule has 1 aliphatic rings. The molecule has 1 saturated heterocycles. The van der Waals surface area contributed by atoms with Crippen LogP contribution in [0.1, 0.15) is 0 Å². The van der Waals surface area contributed by atoms with Crippen molar-refractivity contribution in [2.75, 3.05) is 13.2 Å². The summed E-state index contributed by atoms with van der Waals surface area (Å²) in [5, 5.41) is 37.6. The van der Waals surface area contributed by atoms with Gasteiger partial charge in [-0.2, -0.15) is 0 Å². The Labute approximate surface area is 91.5 Å². The molecule has 0 saturated carbocycles. The molecule has 0 radical (unpaired) electrons. The van der Waals surface area contributed by atoms with E-state index in [4.69, 9.17) is 21.0 Å². The fraction of sp³-hybridized carbons (Fsp3) is 0.750. The van der Waals surface area contributed by atoms with Gasteiger partial charge >= 0.3 is 0 Å². The molecule has 92 valence electrons. The van der Waals surface area contributed by atoms with E-state index in [1.165, 1.54) is 0 Å². The molecule has 8 nitrogen and oxygen atoms in total. The smallest absolute Gasteiger partial charge is 0.234 e. The summed E-state index contributed by atoms with van der Waals surface area (Å²) >= 11 is 0. The third kappa shape index (κ3) is 2.47. The molecule has 1 heterocycles. The number of carbonyl (C=O) groups excluding carboxylic acids is 1. The highest BCUT2D eigenvalue weighted by Crippen LogP contribution is 2.16. The van der Waals surface area contributed by atoms with Crippen LogP contribution in [-0.4, -0.2) is 64.6 Å². The fourth-order valence-electron chi connectivity index (χ4n) is 1.41. The Morgan fingerprint density at radius 1 is 1.50 bits per heavy atom. The van der Waals surface area contributed by atoms with E-state index in [2.05, 4.69) is 5.32 Å². The largest absolute Gasteiger partial charge is 0.471 e. The maximum Gasteiger partial charge on any atom is 0.234 e. The van der Waals surface area contributed by atoms with Crippen LogP contribution in [0.2, 0.25) is 0 Å². The molecule has 8 heteroatoms. The third-order valence-electron chi connectivity index (χ3n) is 2.31. The minimum atomic E-state index is -1.41. The summed E-state index contributed by atoms with van der Waals surface area (Å²) in [6.07, 6.45) is -3.84. The van der Waals surface area contributed by atoms with Gasteiger partial charge in [-0.1, -0.05) is 0 Å². The van der Waals surface area contributed by atoms with Crippen molar-refractivity contribution in [3.8, 4) is 0 Å². The molecule has 0 aromatic heterocycles. The number of rotatable bonds is 3. The summed E-state index contributed by atoms with van der Waals surface area (Å²) in [5.74, 6) is -0.995. The van der Waals surface area contributed by atoms with E-state index in [9.17, 15) is 15.0 Å². The molecule has 7 N–H and O–H groups in total. The van der Waals surface area contributed by atoms with E-state index < -0.39 is 42.8 Å². The van der Waals surface area contributed by atoms with Crippen molar-refractivity contribution in [2.45, 2.75) is 24.4 Å². The average Bonchev–Trinajstić information content (AvgIpc) is 2.28. The molecular weight excluding hydrogens is 218 g/mol. The van der Waals surface area contributed by atoms with Gasteiger partial charge in [0, 0.05) is 0 Å². The predicted molar refractivity (Wildman–Crippen MR) is 52.7 cm³/mol. The van der Waals surface area contributed by atoms with Gasteiger partial charge in [-0.05, 0) is 0 Å². The molecule has 0 unspecified atom stereocenters. The molecule has 1 rings (SSSR count). The van der Waals surface area contributed by atoms with Crippen molar-refractivity contribution in [3.05, 3.63) is 0 Å². The van der Waals surface area contributed by atoms with E-state index >= 15 is 0 Å². The maximum absolute atomic E-state index is 11.0. The minimum absolute atomic E-state index is 0.296. The molecule has 1 fully saturated rings. The lowest BCUT2D eigenvalue weighted by Gasteiger charge is -2.37. The van der Waals surface area contributed by atoms with Gasteiger partial charge in [0.2, 0.25) is 11.8 Å². The number of amides is 1. The fourth-order valence-corrected chi connectivity index (χ4v) is 1.41. The highest BCUT2D eigenvalue weighted by molar-refractivity contribution is 5.87. The first-order chi connectivity index (χ1) is 7.51. The van der Waals surface area contributed by atoms with E-state index in [0.717, 1.165) is 0 Å². The Morgan fingerprint density at radius 3 is 2.62 bits per heavy atom. The molecule has 0 aliphatic carbocycles. The number of nitrogens with two attached hydrogens (primary N) is 1. The van der Waals surface area contributed by atoms with Crippen LogP contribution in [0.5, 0.6) is 0 Å². The van der Waals surface area contributed by atoms with Gasteiger partial charge in [-0.15, -0.1) is 0 Å². The summed E-state index contributed by atoms with van der Waals surface area (Å²) in [7, 11) is 0. The highest BCUT2D eigenvalue weighted by Gasteiger charge is 2.42. The quantitative estimate of drug-likeness (QED) is 0.298. The number of ether oxygens (including phenoxy) is 1. The van der Waals surface area contributed by atoms with Gasteiger partial charge in [0.25, 0.3) is 0 Å². The Bertz CT molecular complexity index is 285. The highest BCUT2D eigenvalue weighted by atomic mass is 16.5. The Morgan fingerprint density at radius 2 is 2.12 bits per heavy atom. The third-order valence-corrected chi connectivity index (χ3v) is 2.31. The topological polar surface area (TPSA) is 149 Å². The van der Waals surface area contributed by atoms with Gasteiger partial charge in [0.15, 0.2) is 6.10 Å². The molecular formula is C8H15N3O5. The molecule has 0 aromatic rings. The Kier molecular flexibility index (Phi) is 4.19. The zero-order valence-electron chi connectivity index (χ0n) is 8.46. The van der Waals surface area contributed by atoms with E-state index in [-0.39, 0.29) is 6.54 Å². The minimum Gasteiger partial charge on any atom is -0.471 e. The number of hydrogen-bond donors (Lipinski definition) is 6. The normalized spacial score (nSPS) is 34.4. The van der Waals surface area contributed by atoms with Crippen LogP contribution >= 0.6 is 0 Å². The first-order valence-corrected chi connectivity index (χ1v) is 4.72. The van der Waals surface area contributed by atoms with Gasteiger partial charge < -0.3 is 31.1 Å². The van der Waals surface area contributed by atoms with Crippen LogP contribution in [-0.2, 0) is 9.53 Å². The van der Waals surface area contributed by atoms with Gasteiger partial charge in [0.1, 0.15) is 18.2 Å². The standard InChI is InChI=1S/C8H15N3O5/c9-1-4(13)11-5-7(15)6(14)3(2-12)16-8(5)10/h3,5-7,10,12,14-15H,1-2,9H2,(H,11,13)/t3-,5-,6-,7-/m1/s1. The van der Waals surface area contributed by atoms with E-state index in [1.807, 2.05) is 0 Å². The molecule has 0 aromatic carbocycles. The molecule has 0 bridgehead atoms. The first kappa shape index (κ1) is 12.8. The Hall–Kier alpha value is -1.22. The van der Waals surface area contributed by atoms with Crippen molar-refractivity contribution < 1.29 is 24.9 Å². The van der Waals surface area contributed by atoms with Gasteiger partial charge in [-0.3, -0.25) is 10.2 Å². The second-order valence-corrected chi connectivity index (χ2v) is 3.43. The maximum atomic E-state index is 11.0. The van der Waals surface area contributed by atoms with Crippen LogP contribution in [0.15, 0.2) is 0 Å². The number of aliphatic hydroxyl groups excluding tert-OH is 3. The SMILES string of the molecule is N=C1O[C@H](CO)[C@@H](O)[C@H](O)[C@H]1NC(=O)CN. The predicted octanol–water partition coefficient (Wildman–Crippen LogP) is -3.48. The second-order valence-electron chi connectivity index (χ2n) is 3.43. The summed E-state index contributed by atoms with van der Waals surface area (Å²) < 4.78 is 4.84. The summed E-state index contributed by atoms with van der Waals surface area (Å²) in [6.45, 7) is -0.825. The lowest BCUT2D eigenvalue weighted by atomic mass is 9.97. The average molecular weight is 233 g/mol. The van der Waals surface area contributed by atoms with Crippen LogP contribution in [0.3, 0.4) is 0 Å². The second kappa shape index (κ2) is 5.21. The lowest BCUT2D eigenvalue weighted by Crippen LogP contribution is -2.62. The van der Waals surface area contributed by atoms with Crippen LogP contribution < -0.4 is 11.1 Å². The summed E-state index contributed by atoms with van der Waals surface area (Å²) in [4.78, 5) is 11.0. The number of aliphatic hydroxyl groups is 3. The number of hydrogen-bond acceptors (Lipinski definition) is 7. The van der Waals surface area contributed by atoms with Gasteiger partial charge in [-0.25, -0.2) is 0 Å². The zero-order valence-corrected chi connectivity index (χ0v) is 8.46. The molecule has 1 amide bonds. The summed E-state index contributed by atoms with van der Waals surface area (Å²) in [5.41, 5.74) is 5.06. The van der Waals surface area contributed by atoms with Crippen LogP contribution in [0, 0.1) is 5.41 Å². The van der Waals surface area contributed by atoms with E-state index in [1.54, 1.807) is 0 Å². The monoisotopic (exact) mass is 233 g/mol. The van der Waals surface area contributed by atoms with E-state index in [0.29, 0.717) is 0 Å². The summed E-state index contributed by atoms with van der Waals surface area (Å²) in [6, 6.07) is -1.14. The molecule has 1 aliphatic heterocycles. The molecule has 16 heavy (non-hydrogen) atoms. The van der Waals surface area contributed by atoms with Crippen molar-refractivity contribution in [1.82, 2.24) is 5.32 Å². The zero-order chi connectivity index (χ0) is 12.3. The molecule has 4 atom stereocenters. The van der Waals surface area contributed by atoms with Gasteiger partial charge in [0.05, 0.1) is 13.2 Å². The van der Waals surface area contributed by atoms with Crippen molar-refractivity contribution in [1.29, 1.82) is 5.41 Å².